The zero-order valence-corrected chi connectivity index (χ0v) is 19.9. The summed E-state index contributed by atoms with van der Waals surface area (Å²) in [6.07, 6.45) is 0.560. The third-order valence-corrected chi connectivity index (χ3v) is 6.21. The molecule has 35 heavy (non-hydrogen) atoms. The Labute approximate surface area is 202 Å². The van der Waals surface area contributed by atoms with Crippen LogP contribution in [0, 0.1) is 22.6 Å². The third-order valence-electron chi connectivity index (χ3n) is 6.21. The first-order chi connectivity index (χ1) is 16.6. The molecule has 3 N–H and O–H groups in total. The topological polar surface area (TPSA) is 120 Å². The second-order valence-electron chi connectivity index (χ2n) is 10.1. The molecule has 0 aliphatic heterocycles. The van der Waals surface area contributed by atoms with Gasteiger partial charge in [0.05, 0.1) is 24.3 Å². The van der Waals surface area contributed by atoms with E-state index in [0.717, 1.165) is 5.56 Å². The smallest absolute Gasteiger partial charge is 0.273 e. The summed E-state index contributed by atoms with van der Waals surface area (Å²) in [5, 5.41) is 28.9. The van der Waals surface area contributed by atoms with Crippen LogP contribution in [0.15, 0.2) is 42.5 Å². The van der Waals surface area contributed by atoms with E-state index in [1.807, 2.05) is 20.8 Å². The minimum atomic E-state index is -0.861. The number of carbonyl (C=O) groups is 2. The van der Waals surface area contributed by atoms with Crippen molar-refractivity contribution in [3.05, 3.63) is 65.1 Å². The van der Waals surface area contributed by atoms with Crippen LogP contribution in [0.3, 0.4) is 0 Å². The van der Waals surface area contributed by atoms with E-state index in [2.05, 4.69) is 21.8 Å². The number of nitrogens with one attached hydrogen (secondary N) is 2. The minimum Gasteiger partial charge on any atom is -0.393 e. The molecule has 0 spiro atoms. The van der Waals surface area contributed by atoms with Crippen molar-refractivity contribution in [3.63, 3.8) is 0 Å². The number of nitriles is 1. The third kappa shape index (κ3) is 5.17. The molecule has 1 fully saturated rings. The first-order valence-electron chi connectivity index (χ1n) is 11.5. The number of aliphatic hydroxyl groups is 1. The fourth-order valence-corrected chi connectivity index (χ4v) is 4.20. The zero-order valence-electron chi connectivity index (χ0n) is 19.9. The Morgan fingerprint density at radius 3 is 2.51 bits per heavy atom. The number of hydrogen-bond acceptors (Lipinski definition) is 5. The first kappa shape index (κ1) is 24.4. The normalized spacial score (nSPS) is 18.4. The van der Waals surface area contributed by atoms with Crippen molar-refractivity contribution in [3.8, 4) is 6.07 Å². The Hall–Kier alpha value is -3.77. The monoisotopic (exact) mass is 477 g/mol. The van der Waals surface area contributed by atoms with Crippen LogP contribution in [0.25, 0.3) is 10.9 Å². The average molecular weight is 478 g/mol. The lowest BCUT2D eigenvalue weighted by Gasteiger charge is -2.36. The summed E-state index contributed by atoms with van der Waals surface area (Å²) in [5.74, 6) is -1.44. The molecule has 1 atom stereocenters. The summed E-state index contributed by atoms with van der Waals surface area (Å²) in [6, 6.07) is 12.3. The van der Waals surface area contributed by atoms with Crippen LogP contribution in [0.2, 0.25) is 0 Å². The summed E-state index contributed by atoms with van der Waals surface area (Å²) in [6.45, 7) is 5.72. The van der Waals surface area contributed by atoms with Gasteiger partial charge in [-0.05, 0) is 42.0 Å². The molecule has 0 bridgehead atoms. The highest BCUT2D eigenvalue weighted by atomic mass is 19.1. The van der Waals surface area contributed by atoms with E-state index < -0.39 is 29.3 Å². The predicted octanol–water partition coefficient (Wildman–Crippen LogP) is 2.88. The SMILES string of the molecule is CC(C)(C)[C@H](NC(=O)c1nn(Cc2ccc(C#N)cc2)c2c(F)cccc12)C(=O)N[C@H]1C[C@H](O)C1. The Kier molecular flexibility index (Phi) is 6.59. The summed E-state index contributed by atoms with van der Waals surface area (Å²) in [5.41, 5.74) is 0.900. The summed E-state index contributed by atoms with van der Waals surface area (Å²) >= 11 is 0. The predicted molar refractivity (Wildman–Crippen MR) is 128 cm³/mol. The minimum absolute atomic E-state index is 0.0225. The number of nitrogens with zero attached hydrogens (tertiary/aromatic N) is 3. The number of halogens is 1. The van der Waals surface area contributed by atoms with E-state index in [-0.39, 0.29) is 29.7 Å². The molecule has 1 heterocycles. The molecule has 4 rings (SSSR count). The Morgan fingerprint density at radius 1 is 1.23 bits per heavy atom. The molecule has 182 valence electrons. The van der Waals surface area contributed by atoms with Gasteiger partial charge in [0.2, 0.25) is 5.91 Å². The van der Waals surface area contributed by atoms with Gasteiger partial charge in [-0.1, -0.05) is 45.0 Å². The molecule has 9 heteroatoms. The van der Waals surface area contributed by atoms with Crippen LogP contribution in [0.4, 0.5) is 4.39 Å². The fourth-order valence-electron chi connectivity index (χ4n) is 4.20. The Bertz CT molecular complexity index is 1300. The lowest BCUT2D eigenvalue weighted by Crippen LogP contribution is -2.58. The standard InChI is InChI=1S/C26H28FN5O3/c1-26(2,3)23(25(35)29-17-11-18(33)12-17)30-24(34)21-19-5-4-6-20(27)22(19)32(31-21)14-16-9-7-15(13-28)8-10-16/h4-10,17-18,23,33H,11-12,14H2,1-3H3,(H,29,35)(H,30,34)/t17-,18-,23-/m1/s1. The molecule has 1 aromatic heterocycles. The molecule has 0 radical (unpaired) electrons. The van der Waals surface area contributed by atoms with Gasteiger partial charge < -0.3 is 15.7 Å². The van der Waals surface area contributed by atoms with E-state index in [0.29, 0.717) is 23.8 Å². The molecule has 2 aromatic carbocycles. The quantitative estimate of drug-likeness (QED) is 0.504. The molecule has 1 saturated carbocycles. The van der Waals surface area contributed by atoms with E-state index in [1.54, 1.807) is 30.3 Å². The van der Waals surface area contributed by atoms with E-state index in [9.17, 15) is 19.1 Å². The lowest BCUT2D eigenvalue weighted by molar-refractivity contribution is -0.127. The van der Waals surface area contributed by atoms with Gasteiger partial charge in [0.15, 0.2) is 5.69 Å². The zero-order chi connectivity index (χ0) is 25.3. The van der Waals surface area contributed by atoms with Crippen LogP contribution in [-0.4, -0.2) is 44.9 Å². The van der Waals surface area contributed by atoms with Crippen molar-refractivity contribution < 1.29 is 19.1 Å². The highest BCUT2D eigenvalue weighted by molar-refractivity contribution is 6.06. The fraction of sp³-hybridized carbons (Fsp3) is 0.385. The number of carbonyl (C=O) groups excluding carboxylic acids is 2. The number of rotatable bonds is 6. The molecule has 2 amide bonds. The number of fused-ring (bicyclic) bond motifs is 1. The molecule has 3 aromatic rings. The largest absolute Gasteiger partial charge is 0.393 e. The molecule has 8 nitrogen and oxygen atoms in total. The van der Waals surface area contributed by atoms with E-state index >= 15 is 0 Å². The summed E-state index contributed by atoms with van der Waals surface area (Å²) in [7, 11) is 0. The molecule has 0 saturated heterocycles. The average Bonchev–Trinajstić information content (AvgIpc) is 3.15. The van der Waals surface area contributed by atoms with Crippen LogP contribution in [0.5, 0.6) is 0 Å². The van der Waals surface area contributed by atoms with Gasteiger partial charge in [-0.3, -0.25) is 14.3 Å². The van der Waals surface area contributed by atoms with Crippen molar-refractivity contribution in [1.82, 2.24) is 20.4 Å². The Balaban J connectivity index is 1.62. The van der Waals surface area contributed by atoms with Gasteiger partial charge in [0.1, 0.15) is 17.4 Å². The van der Waals surface area contributed by atoms with Gasteiger partial charge in [-0.15, -0.1) is 0 Å². The van der Waals surface area contributed by atoms with Gasteiger partial charge in [0.25, 0.3) is 5.91 Å². The van der Waals surface area contributed by atoms with Crippen molar-refractivity contribution in [2.45, 2.75) is 58.3 Å². The number of para-hydroxylation sites is 1. The first-order valence-corrected chi connectivity index (χ1v) is 11.5. The van der Waals surface area contributed by atoms with Crippen LogP contribution >= 0.6 is 0 Å². The number of aliphatic hydroxyl groups excluding tert-OH is 1. The highest BCUT2D eigenvalue weighted by Gasteiger charge is 2.37. The second-order valence-corrected chi connectivity index (χ2v) is 10.1. The molecule has 1 aliphatic rings. The maximum atomic E-state index is 14.8. The summed E-state index contributed by atoms with van der Waals surface area (Å²) < 4.78 is 16.2. The number of aromatic nitrogens is 2. The highest BCUT2D eigenvalue weighted by Crippen LogP contribution is 2.26. The van der Waals surface area contributed by atoms with Crippen LogP contribution < -0.4 is 10.6 Å². The Morgan fingerprint density at radius 2 is 1.91 bits per heavy atom. The molecular formula is C26H28FN5O3. The molecular weight excluding hydrogens is 449 g/mol. The van der Waals surface area contributed by atoms with Gasteiger partial charge >= 0.3 is 0 Å². The van der Waals surface area contributed by atoms with Gasteiger partial charge in [-0.25, -0.2) is 4.39 Å². The molecule has 0 unspecified atom stereocenters. The number of benzene rings is 2. The van der Waals surface area contributed by atoms with Crippen molar-refractivity contribution >= 4 is 22.7 Å². The van der Waals surface area contributed by atoms with Crippen LogP contribution in [0.1, 0.15) is 55.2 Å². The van der Waals surface area contributed by atoms with E-state index in [1.165, 1.54) is 16.8 Å². The lowest BCUT2D eigenvalue weighted by atomic mass is 9.84. The molecule has 1 aliphatic carbocycles. The van der Waals surface area contributed by atoms with Crippen molar-refractivity contribution in [2.24, 2.45) is 5.41 Å². The number of amides is 2. The second kappa shape index (κ2) is 9.47. The van der Waals surface area contributed by atoms with Gasteiger partial charge in [-0.2, -0.15) is 10.4 Å². The maximum absolute atomic E-state index is 14.8. The summed E-state index contributed by atoms with van der Waals surface area (Å²) in [4.78, 5) is 26.3. The van der Waals surface area contributed by atoms with Crippen molar-refractivity contribution in [1.29, 1.82) is 5.26 Å². The van der Waals surface area contributed by atoms with Gasteiger partial charge in [0, 0.05) is 11.4 Å². The van der Waals surface area contributed by atoms with Crippen molar-refractivity contribution in [2.75, 3.05) is 0 Å². The number of hydrogen-bond donors (Lipinski definition) is 3. The van der Waals surface area contributed by atoms with Crippen LogP contribution in [-0.2, 0) is 11.3 Å². The maximum Gasteiger partial charge on any atom is 0.273 e. The van der Waals surface area contributed by atoms with E-state index in [4.69, 9.17) is 5.26 Å².